The molecule has 32 heavy (non-hydrogen) atoms. The number of methoxy groups -OCH3 is 1. The Morgan fingerprint density at radius 2 is 1.81 bits per heavy atom. The number of likely N-dealkylation sites (N-methyl/N-ethyl adjacent to an activating group) is 1. The molecule has 2 aliphatic rings. The number of carbonyl (C=O) groups excluding carboxylic acids is 1. The van der Waals surface area contributed by atoms with Gasteiger partial charge in [0.15, 0.2) is 0 Å². The number of nitrogens with one attached hydrogen (secondary N) is 2. The third kappa shape index (κ3) is 6.97. The number of nitrogens with zero attached hydrogens (tertiary/aromatic N) is 1. The van der Waals surface area contributed by atoms with Crippen LogP contribution in [0.3, 0.4) is 0 Å². The number of hydrogen-bond donors (Lipinski definition) is 2. The second-order valence-corrected chi connectivity index (χ2v) is 8.71. The first kappa shape index (κ1) is 24.1. The van der Waals surface area contributed by atoms with Crippen LogP contribution in [-0.2, 0) is 17.6 Å². The number of piperidine rings is 1. The van der Waals surface area contributed by atoms with Crippen LogP contribution in [0.2, 0.25) is 0 Å². The molecule has 0 radical (unpaired) electrons. The van der Waals surface area contributed by atoms with E-state index in [0.717, 1.165) is 51.1 Å². The molecule has 1 unspecified atom stereocenters. The number of amides is 1. The molecule has 2 saturated heterocycles. The molecular formula is C26H37N3O3. The molecule has 0 aromatic heterocycles. The van der Waals surface area contributed by atoms with E-state index in [1.54, 1.807) is 7.11 Å². The van der Waals surface area contributed by atoms with Crippen molar-refractivity contribution >= 4 is 6.09 Å². The summed E-state index contributed by atoms with van der Waals surface area (Å²) in [5, 5.41) is 5.98. The van der Waals surface area contributed by atoms with E-state index in [2.05, 4.69) is 58.9 Å². The first-order chi connectivity index (χ1) is 15.5. The molecule has 6 heteroatoms. The van der Waals surface area contributed by atoms with Crippen LogP contribution in [0.25, 0.3) is 0 Å². The monoisotopic (exact) mass is 439 g/mol. The molecule has 4 rings (SSSR count). The second-order valence-electron chi connectivity index (χ2n) is 8.71. The van der Waals surface area contributed by atoms with Gasteiger partial charge >= 0.3 is 6.09 Å². The normalized spacial score (nSPS) is 18.3. The van der Waals surface area contributed by atoms with Gasteiger partial charge in [-0.3, -0.25) is 0 Å². The predicted molar refractivity (Wildman–Crippen MR) is 128 cm³/mol. The first-order valence-corrected chi connectivity index (χ1v) is 11.6. The van der Waals surface area contributed by atoms with Crippen molar-refractivity contribution < 1.29 is 14.3 Å². The van der Waals surface area contributed by atoms with Crippen molar-refractivity contribution in [3.8, 4) is 5.75 Å². The van der Waals surface area contributed by atoms with Crippen molar-refractivity contribution in [1.82, 2.24) is 15.5 Å². The number of alkyl carbamates (subject to hydrolysis) is 1. The molecular weight excluding hydrogens is 402 g/mol. The van der Waals surface area contributed by atoms with Gasteiger partial charge in [-0.1, -0.05) is 48.5 Å². The van der Waals surface area contributed by atoms with E-state index < -0.39 is 0 Å². The molecule has 0 saturated carbocycles. The number of likely N-dealkylation sites (tertiary alicyclic amines) is 1. The van der Waals surface area contributed by atoms with Crippen molar-refractivity contribution in [2.75, 3.05) is 40.3 Å². The molecule has 2 N–H and O–H groups in total. The second kappa shape index (κ2) is 11.9. The highest BCUT2D eigenvalue weighted by Gasteiger charge is 2.42. The predicted octanol–water partition coefficient (Wildman–Crippen LogP) is 3.65. The Bertz CT molecular complexity index is 835. The Labute approximate surface area is 192 Å². The summed E-state index contributed by atoms with van der Waals surface area (Å²) in [7, 11) is 3.68. The molecule has 0 aliphatic carbocycles. The van der Waals surface area contributed by atoms with Crippen LogP contribution in [0.1, 0.15) is 30.9 Å². The van der Waals surface area contributed by atoms with E-state index in [-0.39, 0.29) is 11.7 Å². The summed E-state index contributed by atoms with van der Waals surface area (Å²) < 4.78 is 10.7. The van der Waals surface area contributed by atoms with Crippen molar-refractivity contribution in [3.63, 3.8) is 0 Å². The Hall–Kier alpha value is -2.57. The summed E-state index contributed by atoms with van der Waals surface area (Å²) in [4.78, 5) is 13.6. The number of rotatable bonds is 7. The van der Waals surface area contributed by atoms with E-state index >= 15 is 0 Å². The summed E-state index contributed by atoms with van der Waals surface area (Å²) >= 11 is 0. The van der Waals surface area contributed by atoms with Crippen LogP contribution in [0.15, 0.2) is 54.6 Å². The van der Waals surface area contributed by atoms with E-state index in [1.807, 2.05) is 25.2 Å². The minimum absolute atomic E-state index is 0.222. The molecule has 1 spiro atoms. The minimum atomic E-state index is -0.252. The molecule has 0 bridgehead atoms. The van der Waals surface area contributed by atoms with Crippen molar-refractivity contribution in [3.05, 3.63) is 65.7 Å². The van der Waals surface area contributed by atoms with Crippen LogP contribution in [0.4, 0.5) is 4.79 Å². The Morgan fingerprint density at radius 3 is 2.44 bits per heavy atom. The quantitative estimate of drug-likeness (QED) is 0.690. The lowest BCUT2D eigenvalue weighted by Crippen LogP contribution is -2.47. The van der Waals surface area contributed by atoms with Crippen molar-refractivity contribution in [2.24, 2.45) is 0 Å². The lowest BCUT2D eigenvalue weighted by Gasteiger charge is -2.37. The highest BCUT2D eigenvalue weighted by molar-refractivity contribution is 5.70. The topological polar surface area (TPSA) is 62.8 Å². The number of para-hydroxylation sites is 1. The van der Waals surface area contributed by atoms with Crippen molar-refractivity contribution in [1.29, 1.82) is 0 Å². The van der Waals surface area contributed by atoms with Gasteiger partial charge in [0.25, 0.3) is 0 Å². The smallest absolute Gasteiger partial charge is 0.407 e. The summed E-state index contributed by atoms with van der Waals surface area (Å²) in [6.45, 7) is 5.95. The van der Waals surface area contributed by atoms with Gasteiger partial charge in [0.2, 0.25) is 0 Å². The average Bonchev–Trinajstić information content (AvgIpc) is 3.20. The summed E-state index contributed by atoms with van der Waals surface area (Å²) in [5.41, 5.74) is 2.42. The lowest BCUT2D eigenvalue weighted by molar-refractivity contribution is 0.00123. The van der Waals surface area contributed by atoms with Gasteiger partial charge in [-0.15, -0.1) is 0 Å². The van der Waals surface area contributed by atoms with Gasteiger partial charge in [0.05, 0.1) is 13.7 Å². The minimum Gasteiger partial charge on any atom is -0.496 e. The zero-order chi connectivity index (χ0) is 22.8. The molecule has 174 valence electrons. The third-order valence-electron chi connectivity index (χ3n) is 6.40. The van der Waals surface area contributed by atoms with Crippen LogP contribution in [-0.4, -0.2) is 63.0 Å². The number of benzene rings is 2. The molecule has 2 fully saturated rings. The van der Waals surface area contributed by atoms with Gasteiger partial charge in [-0.05, 0) is 44.0 Å². The highest BCUT2D eigenvalue weighted by atomic mass is 16.6. The summed E-state index contributed by atoms with van der Waals surface area (Å²) in [6.07, 6.45) is 3.73. The van der Waals surface area contributed by atoms with Gasteiger partial charge < -0.3 is 25.0 Å². The van der Waals surface area contributed by atoms with Crippen molar-refractivity contribution in [2.45, 2.75) is 44.2 Å². The summed E-state index contributed by atoms with van der Waals surface area (Å²) in [5.74, 6) is 0.976. The summed E-state index contributed by atoms with van der Waals surface area (Å²) in [6, 6.07) is 19.2. The fraction of sp³-hybridized carbons (Fsp3) is 0.500. The lowest BCUT2D eigenvalue weighted by atomic mass is 9.91. The largest absolute Gasteiger partial charge is 0.496 e. The van der Waals surface area contributed by atoms with Gasteiger partial charge in [0, 0.05) is 38.5 Å². The molecule has 2 aromatic carbocycles. The standard InChI is InChI=1S/C15H20N2O2.C11H17NO/c18-14-16-12-15(19-14)7-10-17(11-8-15)9-6-13-4-2-1-3-5-13;1-9(12-2)8-10-6-4-5-7-11(10)13-3/h1-5H,6-12H2,(H,16,18);4-7,9,12H,8H2,1-3H3. The Kier molecular flexibility index (Phi) is 8.94. The van der Waals surface area contributed by atoms with Gasteiger partial charge in [-0.25, -0.2) is 4.79 Å². The number of ether oxygens (including phenoxy) is 2. The molecule has 1 atom stereocenters. The molecule has 2 aromatic rings. The van der Waals surface area contributed by atoms with Crippen LogP contribution in [0, 0.1) is 0 Å². The first-order valence-electron chi connectivity index (χ1n) is 11.6. The van der Waals surface area contributed by atoms with Gasteiger partial charge in [-0.2, -0.15) is 0 Å². The van der Waals surface area contributed by atoms with E-state index in [1.165, 1.54) is 11.1 Å². The fourth-order valence-corrected chi connectivity index (χ4v) is 4.20. The number of hydrogen-bond acceptors (Lipinski definition) is 5. The third-order valence-corrected chi connectivity index (χ3v) is 6.40. The average molecular weight is 440 g/mol. The Balaban J connectivity index is 0.000000195. The van der Waals surface area contributed by atoms with Crippen LogP contribution < -0.4 is 15.4 Å². The maximum atomic E-state index is 11.2. The fourth-order valence-electron chi connectivity index (χ4n) is 4.20. The molecule has 2 heterocycles. The van der Waals surface area contributed by atoms with E-state index in [4.69, 9.17) is 9.47 Å². The zero-order valence-electron chi connectivity index (χ0n) is 19.6. The molecule has 6 nitrogen and oxygen atoms in total. The van der Waals surface area contributed by atoms with Crippen LogP contribution in [0.5, 0.6) is 5.75 Å². The maximum Gasteiger partial charge on any atom is 0.407 e. The molecule has 1 amide bonds. The SMILES string of the molecule is CNC(C)Cc1ccccc1OC.O=C1NCC2(CCN(CCc3ccccc3)CC2)O1. The highest BCUT2D eigenvalue weighted by Crippen LogP contribution is 2.29. The van der Waals surface area contributed by atoms with E-state index in [0.29, 0.717) is 12.6 Å². The van der Waals surface area contributed by atoms with E-state index in [9.17, 15) is 4.79 Å². The van der Waals surface area contributed by atoms with Gasteiger partial charge in [0.1, 0.15) is 11.4 Å². The Morgan fingerprint density at radius 1 is 1.12 bits per heavy atom. The zero-order valence-corrected chi connectivity index (χ0v) is 19.6. The molecule has 2 aliphatic heterocycles. The van der Waals surface area contributed by atoms with Crippen LogP contribution >= 0.6 is 0 Å². The maximum absolute atomic E-state index is 11.2. The number of carbonyl (C=O) groups is 1.